The van der Waals surface area contributed by atoms with Crippen molar-refractivity contribution in [2.45, 2.75) is 16.7 Å². The zero-order chi connectivity index (χ0) is 12.3. The minimum Gasteiger partial charge on any atom is -0.440 e. The molecule has 2 rings (SSSR count). The molecule has 1 aromatic carbocycles. The van der Waals surface area contributed by atoms with Crippen LogP contribution in [0.3, 0.4) is 0 Å². The first-order chi connectivity index (χ1) is 8.20. The molecular formula is C10H8N2O4S. The zero-order valence-corrected chi connectivity index (χ0v) is 9.38. The van der Waals surface area contributed by atoms with Crippen LogP contribution in [0.5, 0.6) is 0 Å². The summed E-state index contributed by atoms with van der Waals surface area (Å²) in [6.07, 6.45) is 2.96. The predicted octanol–water partition coefficient (Wildman–Crippen LogP) is 2.23. The molecule has 0 aliphatic rings. The molecule has 0 radical (unpaired) electrons. The van der Waals surface area contributed by atoms with Crippen molar-refractivity contribution < 1.29 is 14.4 Å². The van der Waals surface area contributed by atoms with E-state index in [4.69, 9.17) is 9.52 Å². The number of rotatable bonds is 4. The first-order valence-corrected chi connectivity index (χ1v) is 5.48. The molecule has 17 heavy (non-hydrogen) atoms. The number of nitro groups is 1. The van der Waals surface area contributed by atoms with Crippen molar-refractivity contribution in [2.75, 3.05) is 0 Å². The molecule has 1 heterocycles. The Morgan fingerprint density at radius 3 is 2.94 bits per heavy atom. The Bertz CT molecular complexity index is 527. The summed E-state index contributed by atoms with van der Waals surface area (Å²) in [5.41, 5.74) is 0.177. The Balaban J connectivity index is 2.28. The summed E-state index contributed by atoms with van der Waals surface area (Å²) in [4.78, 5) is 14.8. The van der Waals surface area contributed by atoms with E-state index in [2.05, 4.69) is 4.98 Å². The fraction of sp³-hybridized carbons (Fsp3) is 0.100. The SMILES string of the molecule is O=[N+]([O-])c1ccc(Sc2ncco2)cc1CO. The maximum absolute atomic E-state index is 10.7. The van der Waals surface area contributed by atoms with Crippen LogP contribution in [0.1, 0.15) is 5.56 Å². The van der Waals surface area contributed by atoms with Crippen LogP contribution in [-0.2, 0) is 6.61 Å². The van der Waals surface area contributed by atoms with Crippen LogP contribution in [-0.4, -0.2) is 15.0 Å². The third-order valence-corrected chi connectivity index (χ3v) is 2.90. The van der Waals surface area contributed by atoms with Gasteiger partial charge >= 0.3 is 0 Å². The number of nitro benzene ring substituents is 1. The fourth-order valence-corrected chi connectivity index (χ4v) is 2.05. The van der Waals surface area contributed by atoms with Crippen LogP contribution in [0, 0.1) is 10.1 Å². The second-order valence-electron chi connectivity index (χ2n) is 3.11. The first kappa shape index (κ1) is 11.6. The van der Waals surface area contributed by atoms with E-state index in [1.54, 1.807) is 12.1 Å². The Kier molecular flexibility index (Phi) is 3.40. The third kappa shape index (κ3) is 2.63. The molecular weight excluding hydrogens is 244 g/mol. The molecule has 0 aliphatic heterocycles. The van der Waals surface area contributed by atoms with Gasteiger partial charge in [-0.05, 0) is 23.9 Å². The van der Waals surface area contributed by atoms with Gasteiger partial charge in [0.1, 0.15) is 6.26 Å². The predicted molar refractivity (Wildman–Crippen MR) is 59.6 cm³/mol. The third-order valence-electron chi connectivity index (χ3n) is 2.03. The first-order valence-electron chi connectivity index (χ1n) is 4.66. The average Bonchev–Trinajstić information content (AvgIpc) is 2.81. The van der Waals surface area contributed by atoms with Gasteiger partial charge in [0.05, 0.1) is 23.3 Å². The lowest BCUT2D eigenvalue weighted by atomic mass is 10.2. The summed E-state index contributed by atoms with van der Waals surface area (Å²) in [5.74, 6) is 0. The second kappa shape index (κ2) is 4.98. The molecule has 0 atom stereocenters. The number of hydrogen-bond donors (Lipinski definition) is 1. The normalized spacial score (nSPS) is 10.4. The highest BCUT2D eigenvalue weighted by Crippen LogP contribution is 2.30. The number of aliphatic hydroxyl groups is 1. The molecule has 0 unspecified atom stereocenters. The highest BCUT2D eigenvalue weighted by molar-refractivity contribution is 7.99. The Labute approximate surface area is 100 Å². The van der Waals surface area contributed by atoms with E-state index in [1.807, 2.05) is 0 Å². The van der Waals surface area contributed by atoms with Crippen LogP contribution in [0.2, 0.25) is 0 Å². The van der Waals surface area contributed by atoms with E-state index in [0.29, 0.717) is 5.22 Å². The van der Waals surface area contributed by atoms with E-state index >= 15 is 0 Å². The average molecular weight is 252 g/mol. The monoisotopic (exact) mass is 252 g/mol. The number of aromatic nitrogens is 1. The lowest BCUT2D eigenvalue weighted by Gasteiger charge is -2.02. The minimum atomic E-state index is -0.523. The molecule has 6 nitrogen and oxygen atoms in total. The standard InChI is InChI=1S/C10H8N2O4S/c13-6-7-5-8(1-2-9(7)12(14)15)17-10-11-3-4-16-10/h1-5,13H,6H2. The molecule has 7 heteroatoms. The van der Waals surface area contributed by atoms with Gasteiger partial charge in [-0.3, -0.25) is 10.1 Å². The quantitative estimate of drug-likeness (QED) is 0.662. The van der Waals surface area contributed by atoms with E-state index in [9.17, 15) is 10.1 Å². The number of oxazole rings is 1. The van der Waals surface area contributed by atoms with Gasteiger partial charge in [-0.15, -0.1) is 0 Å². The summed E-state index contributed by atoms with van der Waals surface area (Å²) in [7, 11) is 0. The molecule has 0 spiro atoms. The summed E-state index contributed by atoms with van der Waals surface area (Å²) in [6, 6.07) is 4.50. The molecule has 1 N–H and O–H groups in total. The van der Waals surface area contributed by atoms with Crippen LogP contribution in [0.4, 0.5) is 5.69 Å². The summed E-state index contributed by atoms with van der Waals surface area (Å²) >= 11 is 1.23. The van der Waals surface area contributed by atoms with Gasteiger partial charge in [-0.1, -0.05) is 0 Å². The topological polar surface area (TPSA) is 89.4 Å². The van der Waals surface area contributed by atoms with E-state index < -0.39 is 4.92 Å². The van der Waals surface area contributed by atoms with Gasteiger partial charge in [-0.2, -0.15) is 0 Å². The molecule has 88 valence electrons. The maximum atomic E-state index is 10.7. The van der Waals surface area contributed by atoms with Crippen LogP contribution in [0.15, 0.2) is 45.2 Å². The second-order valence-corrected chi connectivity index (χ2v) is 4.13. The Morgan fingerprint density at radius 2 is 2.35 bits per heavy atom. The summed E-state index contributed by atoms with van der Waals surface area (Å²) in [5, 5.41) is 20.2. The fourth-order valence-electron chi connectivity index (χ4n) is 1.29. The maximum Gasteiger partial charge on any atom is 0.274 e. The number of nitrogens with zero attached hydrogens (tertiary/aromatic N) is 2. The Hall–Kier alpha value is -1.86. The van der Waals surface area contributed by atoms with Crippen molar-refractivity contribution in [1.82, 2.24) is 4.98 Å². The molecule has 2 aromatic rings. The largest absolute Gasteiger partial charge is 0.440 e. The molecule has 0 bridgehead atoms. The lowest BCUT2D eigenvalue weighted by molar-refractivity contribution is -0.385. The van der Waals surface area contributed by atoms with Gasteiger partial charge in [0.15, 0.2) is 0 Å². The van der Waals surface area contributed by atoms with E-state index in [1.165, 1.54) is 30.3 Å². The van der Waals surface area contributed by atoms with Gasteiger partial charge in [-0.25, -0.2) is 4.98 Å². The number of aliphatic hydroxyl groups excluding tert-OH is 1. The van der Waals surface area contributed by atoms with Crippen molar-refractivity contribution in [3.8, 4) is 0 Å². The molecule has 1 aromatic heterocycles. The number of hydrogen-bond acceptors (Lipinski definition) is 6. The molecule has 0 saturated heterocycles. The zero-order valence-electron chi connectivity index (χ0n) is 8.57. The van der Waals surface area contributed by atoms with Gasteiger partial charge in [0, 0.05) is 11.0 Å². The van der Waals surface area contributed by atoms with E-state index in [0.717, 1.165) is 4.90 Å². The van der Waals surface area contributed by atoms with Crippen molar-refractivity contribution >= 4 is 17.4 Å². The lowest BCUT2D eigenvalue weighted by Crippen LogP contribution is -1.95. The van der Waals surface area contributed by atoms with Gasteiger partial charge in [0.2, 0.25) is 0 Å². The molecule has 0 amide bonds. The Morgan fingerprint density at radius 1 is 1.53 bits per heavy atom. The smallest absolute Gasteiger partial charge is 0.274 e. The van der Waals surface area contributed by atoms with Crippen LogP contribution >= 0.6 is 11.8 Å². The highest BCUT2D eigenvalue weighted by atomic mass is 32.2. The van der Waals surface area contributed by atoms with Crippen molar-refractivity contribution in [2.24, 2.45) is 0 Å². The summed E-state index contributed by atoms with van der Waals surface area (Å²) < 4.78 is 5.04. The van der Waals surface area contributed by atoms with E-state index in [-0.39, 0.29) is 17.9 Å². The molecule has 0 saturated carbocycles. The molecule has 0 aliphatic carbocycles. The van der Waals surface area contributed by atoms with Gasteiger partial charge < -0.3 is 9.52 Å². The summed E-state index contributed by atoms with van der Waals surface area (Å²) in [6.45, 7) is -0.379. The molecule has 0 fully saturated rings. The van der Waals surface area contributed by atoms with Crippen molar-refractivity contribution in [1.29, 1.82) is 0 Å². The highest BCUT2D eigenvalue weighted by Gasteiger charge is 2.14. The van der Waals surface area contributed by atoms with Crippen LogP contribution < -0.4 is 0 Å². The van der Waals surface area contributed by atoms with Crippen molar-refractivity contribution in [3.63, 3.8) is 0 Å². The van der Waals surface area contributed by atoms with Crippen molar-refractivity contribution in [3.05, 3.63) is 46.3 Å². The minimum absolute atomic E-state index is 0.0933. The van der Waals surface area contributed by atoms with Gasteiger partial charge in [0.25, 0.3) is 10.9 Å². The number of benzene rings is 1. The van der Waals surface area contributed by atoms with Crippen LogP contribution in [0.25, 0.3) is 0 Å².